The summed E-state index contributed by atoms with van der Waals surface area (Å²) >= 11 is 0. The van der Waals surface area contributed by atoms with Crippen molar-refractivity contribution in [2.45, 2.75) is 13.5 Å². The van der Waals surface area contributed by atoms with E-state index in [0.29, 0.717) is 12.1 Å². The van der Waals surface area contributed by atoms with Gasteiger partial charge in [-0.2, -0.15) is 5.10 Å². The third kappa shape index (κ3) is 2.25. The van der Waals surface area contributed by atoms with E-state index in [4.69, 9.17) is 0 Å². The van der Waals surface area contributed by atoms with Gasteiger partial charge in [0.15, 0.2) is 0 Å². The predicted octanol–water partition coefficient (Wildman–Crippen LogP) is 1.97. The molecule has 5 heteroatoms. The van der Waals surface area contributed by atoms with Crippen molar-refractivity contribution in [3.8, 4) is 0 Å². The summed E-state index contributed by atoms with van der Waals surface area (Å²) in [7, 11) is 0. The van der Waals surface area contributed by atoms with Crippen LogP contribution in [0, 0.1) is 6.92 Å². The summed E-state index contributed by atoms with van der Waals surface area (Å²) in [6.07, 6.45) is 5.30. The highest BCUT2D eigenvalue weighted by Gasteiger charge is 2.09. The predicted molar refractivity (Wildman–Crippen MR) is 75.3 cm³/mol. The van der Waals surface area contributed by atoms with Gasteiger partial charge in [-0.25, -0.2) is 4.52 Å². The minimum absolute atomic E-state index is 0.114. The fraction of sp³-hybridized carbons (Fsp3) is 0.133. The number of fused-ring (bicyclic) bond motifs is 1. The Morgan fingerprint density at radius 3 is 3.00 bits per heavy atom. The third-order valence-corrected chi connectivity index (χ3v) is 3.21. The Morgan fingerprint density at radius 2 is 2.15 bits per heavy atom. The Labute approximate surface area is 116 Å². The fourth-order valence-corrected chi connectivity index (χ4v) is 2.16. The summed E-state index contributed by atoms with van der Waals surface area (Å²) in [5, 5.41) is 7.09. The molecule has 0 aliphatic rings. The zero-order valence-electron chi connectivity index (χ0n) is 11.1. The summed E-state index contributed by atoms with van der Waals surface area (Å²) in [6, 6.07) is 9.36. The number of nitrogens with one attached hydrogen (secondary N) is 1. The van der Waals surface area contributed by atoms with Gasteiger partial charge >= 0.3 is 0 Å². The molecule has 0 aliphatic heterocycles. The van der Waals surface area contributed by atoms with Crippen LogP contribution in [-0.4, -0.2) is 20.5 Å². The molecule has 0 bridgehead atoms. The van der Waals surface area contributed by atoms with E-state index in [2.05, 4.69) is 15.4 Å². The summed E-state index contributed by atoms with van der Waals surface area (Å²) in [4.78, 5) is 16.3. The molecule has 0 radical (unpaired) electrons. The first-order valence-corrected chi connectivity index (χ1v) is 6.37. The molecule has 0 aromatic carbocycles. The van der Waals surface area contributed by atoms with Crippen molar-refractivity contribution >= 4 is 11.4 Å². The zero-order chi connectivity index (χ0) is 13.9. The number of pyridine rings is 2. The standard InChI is InChI=1S/C15H14N4O/c1-11-13(5-2-7-16-11)15(20)17-10-12-4-3-9-19-14(12)6-8-18-19/h2-9H,10H2,1H3,(H,17,20). The SMILES string of the molecule is Cc1ncccc1C(=O)NCc1cccn2nccc12. The average molecular weight is 266 g/mol. The molecule has 0 atom stereocenters. The number of hydrogen-bond acceptors (Lipinski definition) is 3. The van der Waals surface area contributed by atoms with Crippen molar-refractivity contribution < 1.29 is 4.79 Å². The second kappa shape index (κ2) is 5.13. The normalized spacial score (nSPS) is 10.7. The monoisotopic (exact) mass is 266 g/mol. The van der Waals surface area contributed by atoms with E-state index in [1.165, 1.54) is 0 Å². The molecule has 20 heavy (non-hydrogen) atoms. The van der Waals surface area contributed by atoms with E-state index in [1.54, 1.807) is 29.0 Å². The van der Waals surface area contributed by atoms with E-state index in [9.17, 15) is 4.79 Å². The van der Waals surface area contributed by atoms with Gasteiger partial charge in [-0.3, -0.25) is 9.78 Å². The number of amides is 1. The highest BCUT2D eigenvalue weighted by Crippen LogP contribution is 2.10. The van der Waals surface area contributed by atoms with E-state index >= 15 is 0 Å². The maximum absolute atomic E-state index is 12.1. The molecule has 3 heterocycles. The number of rotatable bonds is 3. The number of nitrogens with zero attached hydrogens (tertiary/aromatic N) is 3. The lowest BCUT2D eigenvalue weighted by molar-refractivity contribution is 0.0950. The molecule has 0 unspecified atom stereocenters. The van der Waals surface area contributed by atoms with Crippen LogP contribution in [-0.2, 0) is 6.54 Å². The summed E-state index contributed by atoms with van der Waals surface area (Å²) in [6.45, 7) is 2.29. The van der Waals surface area contributed by atoms with Gasteiger partial charge < -0.3 is 5.32 Å². The third-order valence-electron chi connectivity index (χ3n) is 3.21. The largest absolute Gasteiger partial charge is 0.348 e. The van der Waals surface area contributed by atoms with Crippen molar-refractivity contribution in [1.82, 2.24) is 19.9 Å². The van der Waals surface area contributed by atoms with Crippen LogP contribution in [0.25, 0.3) is 5.52 Å². The average Bonchev–Trinajstić information content (AvgIpc) is 2.94. The minimum Gasteiger partial charge on any atom is -0.348 e. The van der Waals surface area contributed by atoms with Gasteiger partial charge in [-0.15, -0.1) is 0 Å². The van der Waals surface area contributed by atoms with Crippen LogP contribution in [0.1, 0.15) is 21.6 Å². The molecule has 3 aromatic rings. The van der Waals surface area contributed by atoms with E-state index in [-0.39, 0.29) is 5.91 Å². The Morgan fingerprint density at radius 1 is 1.25 bits per heavy atom. The molecule has 0 fully saturated rings. The smallest absolute Gasteiger partial charge is 0.253 e. The van der Waals surface area contributed by atoms with E-state index in [1.807, 2.05) is 31.3 Å². The van der Waals surface area contributed by atoms with Crippen molar-refractivity contribution in [2.24, 2.45) is 0 Å². The quantitative estimate of drug-likeness (QED) is 0.788. The van der Waals surface area contributed by atoms with Crippen molar-refractivity contribution in [3.05, 3.63) is 65.7 Å². The lowest BCUT2D eigenvalue weighted by Crippen LogP contribution is -2.24. The van der Waals surface area contributed by atoms with Crippen LogP contribution in [0.2, 0.25) is 0 Å². The molecule has 0 spiro atoms. The first kappa shape index (κ1) is 12.3. The summed E-state index contributed by atoms with van der Waals surface area (Å²) in [5.74, 6) is -0.114. The molecule has 3 aromatic heterocycles. The summed E-state index contributed by atoms with van der Waals surface area (Å²) < 4.78 is 1.79. The van der Waals surface area contributed by atoms with Crippen LogP contribution in [0.5, 0.6) is 0 Å². The molecule has 0 aliphatic carbocycles. The van der Waals surface area contributed by atoms with Crippen LogP contribution in [0.4, 0.5) is 0 Å². The topological polar surface area (TPSA) is 59.3 Å². The number of carbonyl (C=O) groups excluding carboxylic acids is 1. The zero-order valence-corrected chi connectivity index (χ0v) is 11.1. The lowest BCUT2D eigenvalue weighted by Gasteiger charge is -2.08. The lowest BCUT2D eigenvalue weighted by atomic mass is 10.2. The Balaban J connectivity index is 1.78. The second-order valence-electron chi connectivity index (χ2n) is 4.51. The number of aromatic nitrogens is 3. The fourth-order valence-electron chi connectivity index (χ4n) is 2.16. The summed E-state index contributed by atoms with van der Waals surface area (Å²) in [5.41, 5.74) is 3.36. The molecule has 0 saturated heterocycles. The highest BCUT2D eigenvalue weighted by atomic mass is 16.1. The van der Waals surface area contributed by atoms with Gasteiger partial charge in [-0.05, 0) is 36.8 Å². The maximum atomic E-state index is 12.1. The number of carbonyl (C=O) groups is 1. The Kier molecular flexibility index (Phi) is 3.16. The Bertz CT molecular complexity index is 763. The first-order valence-electron chi connectivity index (χ1n) is 6.37. The molecule has 100 valence electrons. The van der Waals surface area contributed by atoms with E-state index < -0.39 is 0 Å². The molecule has 3 rings (SSSR count). The van der Waals surface area contributed by atoms with Crippen LogP contribution >= 0.6 is 0 Å². The number of aryl methyl sites for hydroxylation is 1. The van der Waals surface area contributed by atoms with Gasteiger partial charge in [0, 0.05) is 30.8 Å². The van der Waals surface area contributed by atoms with Crippen molar-refractivity contribution in [3.63, 3.8) is 0 Å². The Hall–Kier alpha value is -2.69. The van der Waals surface area contributed by atoms with Gasteiger partial charge in [0.2, 0.25) is 0 Å². The second-order valence-corrected chi connectivity index (χ2v) is 4.51. The van der Waals surface area contributed by atoms with Gasteiger partial charge in [-0.1, -0.05) is 6.07 Å². The van der Waals surface area contributed by atoms with Crippen LogP contribution in [0.15, 0.2) is 48.9 Å². The minimum atomic E-state index is -0.114. The van der Waals surface area contributed by atoms with Gasteiger partial charge in [0.05, 0.1) is 11.1 Å². The first-order chi connectivity index (χ1) is 9.75. The molecule has 0 saturated carbocycles. The molecule has 1 N–H and O–H groups in total. The van der Waals surface area contributed by atoms with E-state index in [0.717, 1.165) is 16.8 Å². The maximum Gasteiger partial charge on any atom is 0.253 e. The van der Waals surface area contributed by atoms with Gasteiger partial charge in [0.25, 0.3) is 5.91 Å². The molecular formula is C15H14N4O. The number of hydrogen-bond donors (Lipinski definition) is 1. The van der Waals surface area contributed by atoms with Crippen LogP contribution in [0.3, 0.4) is 0 Å². The van der Waals surface area contributed by atoms with Crippen molar-refractivity contribution in [1.29, 1.82) is 0 Å². The molecule has 1 amide bonds. The van der Waals surface area contributed by atoms with Crippen molar-refractivity contribution in [2.75, 3.05) is 0 Å². The van der Waals surface area contributed by atoms with Crippen LogP contribution < -0.4 is 5.32 Å². The molecular weight excluding hydrogens is 252 g/mol. The van der Waals surface area contributed by atoms with Gasteiger partial charge in [0.1, 0.15) is 0 Å². The molecule has 5 nitrogen and oxygen atoms in total. The highest BCUT2D eigenvalue weighted by molar-refractivity contribution is 5.95.